The zero-order valence-electron chi connectivity index (χ0n) is 19.3. The number of rotatable bonds is 6. The molecule has 0 spiro atoms. The molecular weight excluding hydrogens is 488 g/mol. The minimum atomic E-state index is -2.85. The number of benzene rings is 1. The lowest BCUT2D eigenvalue weighted by Crippen LogP contribution is -2.33. The molecule has 0 bridgehead atoms. The van der Waals surface area contributed by atoms with Crippen LogP contribution in [0.2, 0.25) is 0 Å². The predicted octanol–water partition coefficient (Wildman–Crippen LogP) is 5.08. The van der Waals surface area contributed by atoms with Crippen molar-refractivity contribution in [3.8, 4) is 17.0 Å². The average Bonchev–Trinajstić information content (AvgIpc) is 3.58. The number of pyridine rings is 1. The zero-order valence-corrected chi connectivity index (χ0v) is 20.1. The normalized spacial score (nSPS) is 20.8. The Morgan fingerprint density at radius 1 is 1.33 bits per heavy atom. The van der Waals surface area contributed by atoms with Crippen LogP contribution in [-0.4, -0.2) is 52.6 Å². The topological polar surface area (TPSA) is 101 Å². The van der Waals surface area contributed by atoms with Crippen molar-refractivity contribution in [2.45, 2.75) is 31.3 Å². The van der Waals surface area contributed by atoms with E-state index >= 15 is 0 Å². The largest absolute Gasteiger partial charge is 0.489 e. The van der Waals surface area contributed by atoms with E-state index in [1.54, 1.807) is 17.8 Å². The maximum atomic E-state index is 13.6. The van der Waals surface area contributed by atoms with Crippen LogP contribution in [0.15, 0.2) is 42.2 Å². The third-order valence-corrected chi connectivity index (χ3v) is 7.27. The molecular formula is C25H23F2N5O3S. The zero-order chi connectivity index (χ0) is 24.9. The Hall–Kier alpha value is -3.57. The molecule has 3 aromatic heterocycles. The lowest BCUT2D eigenvalue weighted by molar-refractivity contribution is -0.0117. The highest BCUT2D eigenvalue weighted by atomic mass is 32.1. The Morgan fingerprint density at radius 3 is 3.06 bits per heavy atom. The summed E-state index contributed by atoms with van der Waals surface area (Å²) in [4.78, 5) is 25.1. The van der Waals surface area contributed by atoms with Crippen molar-refractivity contribution < 1.29 is 23.0 Å². The molecule has 6 rings (SSSR count). The summed E-state index contributed by atoms with van der Waals surface area (Å²) in [7, 11) is 0. The van der Waals surface area contributed by atoms with E-state index in [-0.39, 0.29) is 24.9 Å². The number of halogens is 2. The number of aromatic amines is 1. The SMILES string of the molecule is C[C@@H]1CNC(=O)c2c1[nH]c(-c1ccncc1OCC1CC(F)(F)CO1)c2Nc1cccc2scnc12. The fourth-order valence-electron chi connectivity index (χ4n) is 4.69. The molecule has 3 N–H and O–H groups in total. The summed E-state index contributed by atoms with van der Waals surface area (Å²) in [5.41, 5.74) is 6.57. The number of nitrogens with zero attached hydrogens (tertiary/aromatic N) is 2. The molecule has 4 aromatic rings. The van der Waals surface area contributed by atoms with Gasteiger partial charge in [-0.3, -0.25) is 9.78 Å². The monoisotopic (exact) mass is 511 g/mol. The Labute approximate surface area is 209 Å². The third-order valence-electron chi connectivity index (χ3n) is 6.47. The van der Waals surface area contributed by atoms with Gasteiger partial charge in [0.15, 0.2) is 0 Å². The fraction of sp³-hybridized carbons (Fsp3) is 0.320. The summed E-state index contributed by atoms with van der Waals surface area (Å²) in [6, 6.07) is 7.61. The number of ether oxygens (including phenoxy) is 2. The first-order valence-corrected chi connectivity index (χ1v) is 12.5. The van der Waals surface area contributed by atoms with Gasteiger partial charge in [-0.05, 0) is 18.2 Å². The number of thiazole rings is 1. The highest BCUT2D eigenvalue weighted by Crippen LogP contribution is 2.43. The number of hydrogen-bond acceptors (Lipinski definition) is 7. The lowest BCUT2D eigenvalue weighted by atomic mass is 9.98. The van der Waals surface area contributed by atoms with E-state index in [0.29, 0.717) is 34.8 Å². The van der Waals surface area contributed by atoms with Gasteiger partial charge in [0, 0.05) is 36.3 Å². The molecule has 2 atom stereocenters. The molecule has 0 aliphatic carbocycles. The first kappa shape index (κ1) is 22.9. The number of carbonyl (C=O) groups is 1. The predicted molar refractivity (Wildman–Crippen MR) is 132 cm³/mol. The number of fused-ring (bicyclic) bond motifs is 2. The van der Waals surface area contributed by atoms with Crippen LogP contribution in [0.5, 0.6) is 5.75 Å². The Morgan fingerprint density at radius 2 is 2.22 bits per heavy atom. The van der Waals surface area contributed by atoms with Crippen LogP contribution in [0, 0.1) is 0 Å². The van der Waals surface area contributed by atoms with Crippen molar-refractivity contribution in [1.29, 1.82) is 0 Å². The highest BCUT2D eigenvalue weighted by Gasteiger charge is 2.41. The molecule has 1 unspecified atom stereocenters. The highest BCUT2D eigenvalue weighted by molar-refractivity contribution is 7.16. The summed E-state index contributed by atoms with van der Waals surface area (Å²) in [5.74, 6) is -2.57. The molecule has 1 aromatic carbocycles. The summed E-state index contributed by atoms with van der Waals surface area (Å²) >= 11 is 1.53. The van der Waals surface area contributed by atoms with Gasteiger partial charge in [-0.15, -0.1) is 11.3 Å². The van der Waals surface area contributed by atoms with Crippen molar-refractivity contribution >= 4 is 38.8 Å². The lowest BCUT2D eigenvalue weighted by Gasteiger charge is -2.20. The minimum Gasteiger partial charge on any atom is -0.489 e. The number of aromatic nitrogens is 3. The van der Waals surface area contributed by atoms with Crippen LogP contribution in [0.1, 0.15) is 35.3 Å². The minimum absolute atomic E-state index is 0.0352. The van der Waals surface area contributed by atoms with Crippen LogP contribution in [0.25, 0.3) is 21.5 Å². The molecule has 186 valence electrons. The maximum Gasteiger partial charge on any atom is 0.273 e. The number of hydrogen-bond donors (Lipinski definition) is 3. The number of amides is 1. The van der Waals surface area contributed by atoms with Crippen LogP contribution >= 0.6 is 11.3 Å². The van der Waals surface area contributed by atoms with Gasteiger partial charge in [0.2, 0.25) is 0 Å². The summed E-state index contributed by atoms with van der Waals surface area (Å²) < 4.78 is 39.3. The molecule has 11 heteroatoms. The third kappa shape index (κ3) is 4.07. The number of alkyl halides is 2. The van der Waals surface area contributed by atoms with Crippen molar-refractivity contribution in [1.82, 2.24) is 20.3 Å². The summed E-state index contributed by atoms with van der Waals surface area (Å²) in [5, 5.41) is 6.40. The van der Waals surface area contributed by atoms with Gasteiger partial charge in [0.25, 0.3) is 11.8 Å². The number of para-hydroxylation sites is 1. The number of carbonyl (C=O) groups excluding carboxylic acids is 1. The van der Waals surface area contributed by atoms with Crippen LogP contribution < -0.4 is 15.4 Å². The number of anilines is 2. The van der Waals surface area contributed by atoms with Gasteiger partial charge in [0.1, 0.15) is 24.5 Å². The van der Waals surface area contributed by atoms with E-state index in [9.17, 15) is 13.6 Å². The van der Waals surface area contributed by atoms with Crippen LogP contribution in [0.4, 0.5) is 20.2 Å². The van der Waals surface area contributed by atoms with E-state index in [2.05, 4.69) is 25.6 Å². The summed E-state index contributed by atoms with van der Waals surface area (Å²) in [6.07, 6.45) is 2.06. The number of nitrogens with one attached hydrogen (secondary N) is 3. The van der Waals surface area contributed by atoms with Gasteiger partial charge in [-0.25, -0.2) is 13.8 Å². The molecule has 0 saturated carbocycles. The van der Waals surface area contributed by atoms with Gasteiger partial charge < -0.3 is 25.1 Å². The molecule has 1 saturated heterocycles. The number of H-pyrrole nitrogens is 1. The molecule has 36 heavy (non-hydrogen) atoms. The smallest absolute Gasteiger partial charge is 0.273 e. The fourth-order valence-corrected chi connectivity index (χ4v) is 5.40. The second kappa shape index (κ2) is 8.82. The van der Waals surface area contributed by atoms with Crippen LogP contribution in [0.3, 0.4) is 0 Å². The van der Waals surface area contributed by atoms with E-state index in [1.807, 2.05) is 25.1 Å². The van der Waals surface area contributed by atoms with E-state index in [4.69, 9.17) is 9.47 Å². The Kier molecular flexibility index (Phi) is 5.60. The van der Waals surface area contributed by atoms with Crippen LogP contribution in [-0.2, 0) is 4.74 Å². The molecule has 8 nitrogen and oxygen atoms in total. The van der Waals surface area contributed by atoms with E-state index in [1.165, 1.54) is 17.5 Å². The molecule has 1 fully saturated rings. The van der Waals surface area contributed by atoms with Crippen molar-refractivity contribution in [2.24, 2.45) is 0 Å². The van der Waals surface area contributed by atoms with E-state index < -0.39 is 18.6 Å². The summed E-state index contributed by atoms with van der Waals surface area (Å²) in [6.45, 7) is 1.91. The Balaban J connectivity index is 1.42. The van der Waals surface area contributed by atoms with Crippen molar-refractivity contribution in [3.63, 3.8) is 0 Å². The van der Waals surface area contributed by atoms with Gasteiger partial charge in [0.05, 0.1) is 45.1 Å². The maximum absolute atomic E-state index is 13.6. The van der Waals surface area contributed by atoms with E-state index in [0.717, 1.165) is 21.6 Å². The molecule has 2 aliphatic heterocycles. The van der Waals surface area contributed by atoms with Crippen molar-refractivity contribution in [2.75, 3.05) is 25.1 Å². The van der Waals surface area contributed by atoms with Gasteiger partial charge in [-0.1, -0.05) is 13.0 Å². The molecule has 1 amide bonds. The standard InChI is InChI=1S/C25H23F2N5O3S/c1-13-8-29-24(33)19-20(13)32-21(23(19)31-16-3-2-4-18-22(16)30-12-36-18)15-5-6-28-9-17(15)34-10-14-7-25(26,27)11-35-14/h2-6,9,12-14,31-32H,7-8,10-11H2,1H3,(H,29,33)/t13-,14?/m1/s1. The van der Waals surface area contributed by atoms with Gasteiger partial charge >= 0.3 is 0 Å². The Bertz CT molecular complexity index is 1450. The quantitative estimate of drug-likeness (QED) is 0.334. The molecule has 2 aliphatic rings. The average molecular weight is 512 g/mol. The first-order valence-electron chi connectivity index (χ1n) is 11.6. The second-order valence-electron chi connectivity index (χ2n) is 9.08. The first-order chi connectivity index (χ1) is 17.4. The van der Waals surface area contributed by atoms with Gasteiger partial charge in [-0.2, -0.15) is 0 Å². The molecule has 5 heterocycles. The second-order valence-corrected chi connectivity index (χ2v) is 9.97. The van der Waals surface area contributed by atoms with Crippen molar-refractivity contribution in [3.05, 3.63) is 53.4 Å². The molecule has 0 radical (unpaired) electrons.